The van der Waals surface area contributed by atoms with E-state index in [2.05, 4.69) is 5.32 Å². The average Bonchev–Trinajstić information content (AvgIpc) is 3.13. The van der Waals surface area contributed by atoms with Crippen LogP contribution < -0.4 is 5.32 Å². The van der Waals surface area contributed by atoms with Crippen molar-refractivity contribution in [1.29, 1.82) is 0 Å². The summed E-state index contributed by atoms with van der Waals surface area (Å²) < 4.78 is 27.8. The summed E-state index contributed by atoms with van der Waals surface area (Å²) in [4.78, 5) is 27.0. The number of hydrogen-bond donors (Lipinski definition) is 1. The molecule has 1 fully saturated rings. The van der Waals surface area contributed by atoms with Crippen LogP contribution in [0.3, 0.4) is 0 Å². The summed E-state index contributed by atoms with van der Waals surface area (Å²) in [5, 5.41) is 2.91. The highest BCUT2D eigenvalue weighted by Gasteiger charge is 2.41. The number of unbranched alkanes of at least 4 members (excludes halogenated alkanes) is 1. The first kappa shape index (κ1) is 20.0. The fourth-order valence-electron chi connectivity index (χ4n) is 3.63. The zero-order valence-corrected chi connectivity index (χ0v) is 15.8. The van der Waals surface area contributed by atoms with Crippen LogP contribution in [0.1, 0.15) is 41.6 Å². The van der Waals surface area contributed by atoms with E-state index in [9.17, 15) is 18.4 Å². The molecule has 3 rings (SSSR count). The molecule has 0 bridgehead atoms. The molecular weight excluding hydrogens is 362 g/mol. The van der Waals surface area contributed by atoms with Crippen molar-refractivity contribution in [2.45, 2.75) is 25.7 Å². The van der Waals surface area contributed by atoms with Crippen LogP contribution in [-0.4, -0.2) is 36.3 Å². The predicted octanol–water partition coefficient (Wildman–Crippen LogP) is 3.74. The van der Waals surface area contributed by atoms with Crippen molar-refractivity contribution >= 4 is 11.8 Å². The topological polar surface area (TPSA) is 49.4 Å². The van der Waals surface area contributed by atoms with E-state index >= 15 is 0 Å². The molecule has 148 valence electrons. The van der Waals surface area contributed by atoms with E-state index in [4.69, 9.17) is 0 Å². The highest BCUT2D eigenvalue weighted by atomic mass is 19.1. The molecule has 0 radical (unpaired) electrons. The lowest BCUT2D eigenvalue weighted by Gasteiger charge is -2.18. The number of rotatable bonds is 6. The Hall–Kier alpha value is -2.76. The minimum absolute atomic E-state index is 0.0208. The van der Waals surface area contributed by atoms with Gasteiger partial charge in [0.1, 0.15) is 11.6 Å². The molecule has 2 atom stereocenters. The molecule has 2 amide bonds. The highest BCUT2D eigenvalue weighted by molar-refractivity contribution is 5.95. The van der Waals surface area contributed by atoms with Crippen LogP contribution in [0, 0.1) is 17.6 Å². The minimum atomic E-state index is -0.592. The van der Waals surface area contributed by atoms with Gasteiger partial charge in [-0.3, -0.25) is 9.59 Å². The number of likely N-dealkylation sites (tertiary alicyclic amines) is 1. The maximum absolute atomic E-state index is 14.1. The summed E-state index contributed by atoms with van der Waals surface area (Å²) in [6.45, 7) is 3.00. The molecule has 1 aliphatic heterocycles. The molecule has 4 nitrogen and oxygen atoms in total. The third-order valence-corrected chi connectivity index (χ3v) is 5.15. The van der Waals surface area contributed by atoms with E-state index < -0.39 is 17.6 Å². The molecule has 0 aliphatic carbocycles. The van der Waals surface area contributed by atoms with Crippen LogP contribution >= 0.6 is 0 Å². The zero-order chi connectivity index (χ0) is 20.1. The number of carbonyl (C=O) groups is 2. The lowest BCUT2D eigenvalue weighted by Crippen LogP contribution is -2.36. The van der Waals surface area contributed by atoms with Crippen molar-refractivity contribution in [2.24, 2.45) is 5.92 Å². The van der Waals surface area contributed by atoms with Gasteiger partial charge < -0.3 is 10.2 Å². The largest absolute Gasteiger partial charge is 0.356 e. The molecule has 1 heterocycles. The predicted molar refractivity (Wildman–Crippen MR) is 103 cm³/mol. The Morgan fingerprint density at radius 1 is 1.11 bits per heavy atom. The van der Waals surface area contributed by atoms with Crippen molar-refractivity contribution in [3.63, 3.8) is 0 Å². The molecule has 2 aromatic rings. The van der Waals surface area contributed by atoms with E-state index in [1.807, 2.05) is 6.92 Å². The Balaban J connectivity index is 1.84. The summed E-state index contributed by atoms with van der Waals surface area (Å²) in [5.74, 6) is -2.44. The van der Waals surface area contributed by atoms with Crippen molar-refractivity contribution in [3.8, 4) is 0 Å². The van der Waals surface area contributed by atoms with Gasteiger partial charge in [-0.15, -0.1) is 0 Å². The molecular formula is C22H24F2N2O2. The van der Waals surface area contributed by atoms with Gasteiger partial charge in [0.05, 0.1) is 11.5 Å². The molecule has 0 aromatic heterocycles. The summed E-state index contributed by atoms with van der Waals surface area (Å²) in [5.41, 5.74) is 0.645. The third-order valence-electron chi connectivity index (χ3n) is 5.15. The van der Waals surface area contributed by atoms with E-state index in [1.54, 1.807) is 18.2 Å². The van der Waals surface area contributed by atoms with Crippen LogP contribution in [0.25, 0.3) is 0 Å². The van der Waals surface area contributed by atoms with Crippen LogP contribution in [0.2, 0.25) is 0 Å². The van der Waals surface area contributed by atoms with Gasteiger partial charge in [0.25, 0.3) is 5.91 Å². The molecule has 1 N–H and O–H groups in total. The maximum atomic E-state index is 14.1. The number of hydrogen-bond acceptors (Lipinski definition) is 2. The van der Waals surface area contributed by atoms with Gasteiger partial charge in [-0.2, -0.15) is 0 Å². The van der Waals surface area contributed by atoms with E-state index in [1.165, 1.54) is 35.2 Å². The molecule has 2 aromatic carbocycles. The maximum Gasteiger partial charge on any atom is 0.256 e. The molecule has 0 unspecified atom stereocenters. The molecule has 0 saturated carbocycles. The fourth-order valence-corrected chi connectivity index (χ4v) is 3.63. The summed E-state index contributed by atoms with van der Waals surface area (Å²) >= 11 is 0. The Labute approximate surface area is 163 Å². The van der Waals surface area contributed by atoms with Crippen molar-refractivity contribution < 1.29 is 18.4 Å². The Kier molecular flexibility index (Phi) is 6.39. The second kappa shape index (κ2) is 8.95. The Morgan fingerprint density at radius 2 is 1.89 bits per heavy atom. The number of nitrogens with one attached hydrogen (secondary N) is 1. The normalized spacial score (nSPS) is 18.9. The number of carbonyl (C=O) groups excluding carboxylic acids is 2. The standard InChI is InChI=1S/C22H24F2N2O2/c1-2-3-11-25-21(27)19-14-26(22(28)17-9-4-5-10-20(17)24)13-18(19)15-7-6-8-16(23)12-15/h4-10,12,18-19H,2-3,11,13-14H2,1H3,(H,25,27)/t18-,19+/m1/s1. The van der Waals surface area contributed by atoms with Gasteiger partial charge in [-0.1, -0.05) is 37.6 Å². The van der Waals surface area contributed by atoms with E-state index in [-0.39, 0.29) is 36.3 Å². The van der Waals surface area contributed by atoms with Crippen LogP contribution in [-0.2, 0) is 4.79 Å². The first-order valence-corrected chi connectivity index (χ1v) is 9.58. The van der Waals surface area contributed by atoms with Gasteiger partial charge in [-0.25, -0.2) is 8.78 Å². The highest BCUT2D eigenvalue weighted by Crippen LogP contribution is 2.34. The molecule has 1 saturated heterocycles. The van der Waals surface area contributed by atoms with Gasteiger partial charge in [0, 0.05) is 25.6 Å². The summed E-state index contributed by atoms with van der Waals surface area (Å²) in [6.07, 6.45) is 1.82. The smallest absolute Gasteiger partial charge is 0.256 e. The van der Waals surface area contributed by atoms with Gasteiger partial charge >= 0.3 is 0 Å². The number of amides is 2. The molecule has 1 aliphatic rings. The zero-order valence-electron chi connectivity index (χ0n) is 15.8. The first-order valence-electron chi connectivity index (χ1n) is 9.58. The average molecular weight is 386 g/mol. The second-order valence-electron chi connectivity index (χ2n) is 7.10. The lowest BCUT2D eigenvalue weighted by molar-refractivity contribution is -0.124. The quantitative estimate of drug-likeness (QED) is 0.769. The van der Waals surface area contributed by atoms with E-state index in [0.29, 0.717) is 12.1 Å². The summed E-state index contributed by atoms with van der Waals surface area (Å²) in [7, 11) is 0. The number of benzene rings is 2. The van der Waals surface area contributed by atoms with Crippen molar-refractivity contribution in [3.05, 3.63) is 71.3 Å². The first-order chi connectivity index (χ1) is 13.5. The van der Waals surface area contributed by atoms with Crippen LogP contribution in [0.4, 0.5) is 8.78 Å². The molecule has 0 spiro atoms. The minimum Gasteiger partial charge on any atom is -0.356 e. The second-order valence-corrected chi connectivity index (χ2v) is 7.10. The summed E-state index contributed by atoms with van der Waals surface area (Å²) in [6, 6.07) is 11.9. The Morgan fingerprint density at radius 3 is 2.61 bits per heavy atom. The van der Waals surface area contributed by atoms with Crippen molar-refractivity contribution in [2.75, 3.05) is 19.6 Å². The van der Waals surface area contributed by atoms with Gasteiger partial charge in [-0.05, 0) is 36.2 Å². The van der Waals surface area contributed by atoms with Crippen LogP contribution in [0.5, 0.6) is 0 Å². The number of halogens is 2. The van der Waals surface area contributed by atoms with Crippen LogP contribution in [0.15, 0.2) is 48.5 Å². The molecule has 6 heteroatoms. The lowest BCUT2D eigenvalue weighted by atomic mass is 9.88. The fraction of sp³-hybridized carbons (Fsp3) is 0.364. The van der Waals surface area contributed by atoms with Crippen molar-refractivity contribution in [1.82, 2.24) is 10.2 Å². The van der Waals surface area contributed by atoms with Gasteiger partial charge in [0.15, 0.2) is 0 Å². The SMILES string of the molecule is CCCCNC(=O)[C@H]1CN(C(=O)c2ccccc2F)C[C@@H]1c1cccc(F)c1. The number of nitrogens with zero attached hydrogens (tertiary/aromatic N) is 1. The molecule has 28 heavy (non-hydrogen) atoms. The monoisotopic (exact) mass is 386 g/mol. The third kappa shape index (κ3) is 4.38. The Bertz CT molecular complexity index is 856. The van der Waals surface area contributed by atoms with Gasteiger partial charge in [0.2, 0.25) is 5.91 Å². The van der Waals surface area contributed by atoms with E-state index in [0.717, 1.165) is 12.8 Å².